The van der Waals surface area contributed by atoms with Crippen LogP contribution in [-0.4, -0.2) is 75.3 Å². The quantitative estimate of drug-likeness (QED) is 0.128. The molecule has 2 heterocycles. The van der Waals surface area contributed by atoms with Crippen molar-refractivity contribution in [1.82, 2.24) is 31.6 Å². The molecule has 0 radical (unpaired) electrons. The lowest BCUT2D eigenvalue weighted by Gasteiger charge is -2.30. The summed E-state index contributed by atoms with van der Waals surface area (Å²) in [6, 6.07) is 0. The van der Waals surface area contributed by atoms with E-state index in [-0.39, 0.29) is 4.87 Å². The van der Waals surface area contributed by atoms with Crippen molar-refractivity contribution in [3.05, 3.63) is 22.0 Å². The summed E-state index contributed by atoms with van der Waals surface area (Å²) in [5, 5.41) is 22.3. The van der Waals surface area contributed by atoms with E-state index in [9.17, 15) is 0 Å². The normalized spacial score (nSPS) is 15.1. The third-order valence-electron chi connectivity index (χ3n) is 5.41. The van der Waals surface area contributed by atoms with Crippen LogP contribution in [0.3, 0.4) is 0 Å². The minimum absolute atomic E-state index is 0.0255. The highest BCUT2D eigenvalue weighted by Crippen LogP contribution is 2.40. The van der Waals surface area contributed by atoms with Crippen LogP contribution < -0.4 is 38.1 Å². The zero-order chi connectivity index (χ0) is 22.7. The fourth-order valence-corrected chi connectivity index (χ4v) is 5.21. The maximum absolute atomic E-state index is 5.52. The van der Waals surface area contributed by atoms with Gasteiger partial charge in [-0.25, -0.2) is 4.98 Å². The van der Waals surface area contributed by atoms with Crippen molar-refractivity contribution in [3.8, 4) is 0 Å². The number of nitrogens with two attached hydrogens (primary N) is 2. The van der Waals surface area contributed by atoms with Crippen LogP contribution in [0.25, 0.3) is 5.70 Å². The van der Waals surface area contributed by atoms with E-state index in [1.165, 1.54) is 0 Å². The van der Waals surface area contributed by atoms with Crippen LogP contribution >= 0.6 is 23.1 Å². The standard InChI is InChI=1S/C22H44N8S2/c23-7-1-9-25-11-3-13-27-15-5-22(6-16-28-14-4-12-26-10-2-8-24)30-21(18-32-22)20-17-31-19-29-20/h17-19,25-28,30H,1-16,23-24H2. The van der Waals surface area contributed by atoms with Gasteiger partial charge in [-0.1, -0.05) is 0 Å². The molecule has 0 unspecified atom stereocenters. The molecule has 1 aliphatic heterocycles. The Morgan fingerprint density at radius 2 is 1.31 bits per heavy atom. The van der Waals surface area contributed by atoms with E-state index < -0.39 is 0 Å². The van der Waals surface area contributed by atoms with Gasteiger partial charge >= 0.3 is 0 Å². The minimum atomic E-state index is 0.0255. The molecule has 1 aliphatic rings. The third kappa shape index (κ3) is 11.4. The average molecular weight is 485 g/mol. The second-order valence-electron chi connectivity index (χ2n) is 8.13. The average Bonchev–Trinajstić information content (AvgIpc) is 3.48. The van der Waals surface area contributed by atoms with Gasteiger partial charge in [0.2, 0.25) is 0 Å². The Morgan fingerprint density at radius 1 is 0.781 bits per heavy atom. The Kier molecular flexibility index (Phi) is 15.2. The molecule has 1 aromatic heterocycles. The molecule has 0 aliphatic carbocycles. The van der Waals surface area contributed by atoms with E-state index in [2.05, 4.69) is 42.4 Å². The number of hydrogen-bond acceptors (Lipinski definition) is 10. The summed E-state index contributed by atoms with van der Waals surface area (Å²) < 4.78 is 0. The molecule has 0 saturated heterocycles. The van der Waals surface area contributed by atoms with Gasteiger partial charge in [0.15, 0.2) is 0 Å². The first-order chi connectivity index (χ1) is 15.8. The van der Waals surface area contributed by atoms with Crippen LogP contribution in [0, 0.1) is 0 Å². The van der Waals surface area contributed by atoms with E-state index in [1.807, 2.05) is 17.3 Å². The van der Waals surface area contributed by atoms with Crippen LogP contribution in [0.4, 0.5) is 0 Å². The van der Waals surface area contributed by atoms with Crippen molar-refractivity contribution in [3.63, 3.8) is 0 Å². The molecule has 0 amide bonds. The molecular formula is C22H44N8S2. The van der Waals surface area contributed by atoms with Gasteiger partial charge in [-0.15, -0.1) is 23.1 Å². The van der Waals surface area contributed by atoms with Crippen molar-refractivity contribution in [2.75, 3.05) is 65.4 Å². The molecule has 0 aromatic carbocycles. The lowest BCUT2D eigenvalue weighted by atomic mass is 10.1. The Hall–Kier alpha value is -0.720. The van der Waals surface area contributed by atoms with Gasteiger partial charge in [0, 0.05) is 5.38 Å². The highest BCUT2D eigenvalue weighted by atomic mass is 32.2. The molecule has 2 rings (SSSR count). The highest BCUT2D eigenvalue weighted by Gasteiger charge is 2.34. The summed E-state index contributed by atoms with van der Waals surface area (Å²) in [6.07, 6.45) is 6.52. The lowest BCUT2D eigenvalue weighted by Crippen LogP contribution is -2.43. The monoisotopic (exact) mass is 484 g/mol. The topological polar surface area (TPSA) is 125 Å². The molecule has 8 nitrogen and oxygen atoms in total. The van der Waals surface area contributed by atoms with Gasteiger partial charge in [-0.2, -0.15) is 0 Å². The molecule has 1 aromatic rings. The second kappa shape index (κ2) is 17.7. The van der Waals surface area contributed by atoms with E-state index in [0.717, 1.165) is 115 Å². The summed E-state index contributed by atoms with van der Waals surface area (Å²) in [7, 11) is 0. The number of thiazole rings is 1. The molecule has 32 heavy (non-hydrogen) atoms. The molecule has 9 N–H and O–H groups in total. The fourth-order valence-electron chi connectivity index (χ4n) is 3.53. The summed E-state index contributed by atoms with van der Waals surface area (Å²) >= 11 is 3.56. The molecule has 0 spiro atoms. The summed E-state index contributed by atoms with van der Waals surface area (Å²) in [6.45, 7) is 9.74. The third-order valence-corrected chi connectivity index (χ3v) is 7.32. The Morgan fingerprint density at radius 3 is 1.81 bits per heavy atom. The van der Waals surface area contributed by atoms with Gasteiger partial charge < -0.3 is 38.1 Å². The molecule has 0 atom stereocenters. The molecule has 0 bridgehead atoms. The lowest BCUT2D eigenvalue weighted by molar-refractivity contribution is 0.436. The Balaban J connectivity index is 1.65. The SMILES string of the molecule is NCCCNCCCNCCC1(CCNCCCNCCCN)NC(c2cscn2)=CS1. The smallest absolute Gasteiger partial charge is 0.0975 e. The van der Waals surface area contributed by atoms with Gasteiger partial charge in [-0.3, -0.25) is 0 Å². The number of nitrogens with one attached hydrogen (secondary N) is 5. The zero-order valence-corrected chi connectivity index (χ0v) is 21.1. The van der Waals surface area contributed by atoms with Gasteiger partial charge in [0.1, 0.15) is 0 Å². The zero-order valence-electron chi connectivity index (χ0n) is 19.5. The van der Waals surface area contributed by atoms with Crippen molar-refractivity contribution in [1.29, 1.82) is 0 Å². The number of nitrogens with zero attached hydrogens (tertiary/aromatic N) is 1. The van der Waals surface area contributed by atoms with Crippen molar-refractivity contribution < 1.29 is 0 Å². The van der Waals surface area contributed by atoms with Crippen LogP contribution in [0.15, 0.2) is 16.3 Å². The van der Waals surface area contributed by atoms with Crippen LogP contribution in [-0.2, 0) is 0 Å². The van der Waals surface area contributed by atoms with E-state index in [1.54, 1.807) is 11.3 Å². The second-order valence-corrected chi connectivity index (χ2v) is 10.1. The first-order valence-electron chi connectivity index (χ1n) is 12.1. The molecular weight excluding hydrogens is 440 g/mol. The van der Waals surface area contributed by atoms with Gasteiger partial charge in [0.25, 0.3) is 0 Å². The maximum Gasteiger partial charge on any atom is 0.0975 e. The Bertz CT molecular complexity index is 575. The molecule has 10 heteroatoms. The number of rotatable bonds is 21. The Labute approximate surface area is 202 Å². The number of thioether (sulfide) groups is 1. The summed E-state index contributed by atoms with van der Waals surface area (Å²) in [4.78, 5) is 4.51. The largest absolute Gasteiger partial charge is 0.368 e. The first-order valence-corrected chi connectivity index (χ1v) is 13.9. The molecule has 0 fully saturated rings. The summed E-state index contributed by atoms with van der Waals surface area (Å²) in [5.74, 6) is 0. The van der Waals surface area contributed by atoms with Crippen LogP contribution in [0.2, 0.25) is 0 Å². The first kappa shape index (κ1) is 27.5. The van der Waals surface area contributed by atoms with E-state index >= 15 is 0 Å². The summed E-state index contributed by atoms with van der Waals surface area (Å²) in [5.41, 5.74) is 15.2. The fraction of sp³-hybridized carbons (Fsp3) is 0.773. The number of hydrogen-bond donors (Lipinski definition) is 7. The van der Waals surface area contributed by atoms with Gasteiger partial charge in [0.05, 0.1) is 21.8 Å². The molecule has 0 saturated carbocycles. The maximum atomic E-state index is 5.52. The predicted molar refractivity (Wildman–Crippen MR) is 141 cm³/mol. The van der Waals surface area contributed by atoms with Gasteiger partial charge in [-0.05, 0) is 109 Å². The number of aromatic nitrogens is 1. The van der Waals surface area contributed by atoms with Crippen LogP contribution in [0.1, 0.15) is 44.2 Å². The molecule has 184 valence electrons. The van der Waals surface area contributed by atoms with Crippen molar-refractivity contribution in [2.45, 2.75) is 43.4 Å². The highest BCUT2D eigenvalue weighted by molar-refractivity contribution is 8.03. The van der Waals surface area contributed by atoms with Crippen molar-refractivity contribution in [2.24, 2.45) is 11.5 Å². The predicted octanol–water partition coefficient (Wildman–Crippen LogP) is 1.09. The van der Waals surface area contributed by atoms with Crippen LogP contribution in [0.5, 0.6) is 0 Å². The van der Waals surface area contributed by atoms with E-state index in [0.29, 0.717) is 0 Å². The van der Waals surface area contributed by atoms with Crippen molar-refractivity contribution >= 4 is 28.8 Å². The minimum Gasteiger partial charge on any atom is -0.368 e. The van der Waals surface area contributed by atoms with E-state index in [4.69, 9.17) is 11.5 Å².